The molecule has 1 saturated heterocycles. The van der Waals surface area contributed by atoms with Gasteiger partial charge >= 0.3 is 0 Å². The van der Waals surface area contributed by atoms with Crippen LogP contribution in [0.2, 0.25) is 0 Å². The highest BCUT2D eigenvalue weighted by Crippen LogP contribution is 2.32. The van der Waals surface area contributed by atoms with E-state index in [9.17, 15) is 13.2 Å². The normalized spacial score (nSPS) is 19.4. The van der Waals surface area contributed by atoms with Gasteiger partial charge in [0.05, 0.1) is 16.8 Å². The van der Waals surface area contributed by atoms with Gasteiger partial charge in [-0.3, -0.25) is 4.79 Å². The maximum Gasteiger partial charge on any atom is 0.192 e. The average molecular weight is 431 g/mol. The quantitative estimate of drug-likeness (QED) is 0.351. The number of benzene rings is 1. The second-order valence-corrected chi connectivity index (χ2v) is 10.7. The number of H-pyrrole nitrogens is 1. The number of hydrogen-bond donors (Lipinski definition) is 1. The zero-order valence-corrected chi connectivity index (χ0v) is 17.7. The molecule has 0 bridgehead atoms. The third-order valence-electron chi connectivity index (χ3n) is 5.16. The van der Waals surface area contributed by atoms with Gasteiger partial charge in [-0.2, -0.15) is 0 Å². The third kappa shape index (κ3) is 3.89. The van der Waals surface area contributed by atoms with Crippen molar-refractivity contribution in [2.75, 3.05) is 11.5 Å². The molecular weight excluding hydrogens is 408 g/mol. The third-order valence-corrected chi connectivity index (χ3v) is 8.01. The fourth-order valence-electron chi connectivity index (χ4n) is 3.69. The lowest BCUT2D eigenvalue weighted by Gasteiger charge is -2.13. The van der Waals surface area contributed by atoms with Crippen LogP contribution < -0.4 is 0 Å². The van der Waals surface area contributed by atoms with Crippen molar-refractivity contribution >= 4 is 38.3 Å². The van der Waals surface area contributed by atoms with Crippen molar-refractivity contribution in [1.29, 1.82) is 0 Å². The van der Waals surface area contributed by atoms with Gasteiger partial charge < -0.3 is 9.55 Å². The summed E-state index contributed by atoms with van der Waals surface area (Å²) in [6.45, 7) is 6.10. The lowest BCUT2D eigenvalue weighted by atomic mass is 10.1. The summed E-state index contributed by atoms with van der Waals surface area (Å²) in [7, 11) is -3.02. The molecule has 3 aromatic rings. The van der Waals surface area contributed by atoms with Crippen molar-refractivity contribution in [3.05, 3.63) is 54.5 Å². The topological polar surface area (TPSA) is 97.7 Å². The zero-order valence-electron chi connectivity index (χ0n) is 16.0. The van der Waals surface area contributed by atoms with E-state index in [-0.39, 0.29) is 28.5 Å². The summed E-state index contributed by atoms with van der Waals surface area (Å²) in [6, 6.07) is 7.70. The van der Waals surface area contributed by atoms with Gasteiger partial charge in [0.2, 0.25) is 0 Å². The van der Waals surface area contributed by atoms with Crippen LogP contribution in [-0.2, 0) is 16.4 Å². The van der Waals surface area contributed by atoms with Gasteiger partial charge in [-0.05, 0) is 19.4 Å². The summed E-state index contributed by atoms with van der Waals surface area (Å²) >= 11 is 1.33. The van der Waals surface area contributed by atoms with Crippen molar-refractivity contribution in [3.63, 3.8) is 0 Å². The molecule has 2 atom stereocenters. The van der Waals surface area contributed by atoms with E-state index in [1.165, 1.54) is 11.8 Å². The Hall–Kier alpha value is -2.39. The van der Waals surface area contributed by atoms with E-state index in [1.54, 1.807) is 12.3 Å². The number of aromatic amines is 1. The molecule has 0 amide bonds. The molecule has 9 heteroatoms. The number of ketones is 1. The van der Waals surface area contributed by atoms with Gasteiger partial charge in [-0.15, -0.1) is 16.8 Å². The molecule has 7 nitrogen and oxygen atoms in total. The largest absolute Gasteiger partial charge is 0.360 e. The van der Waals surface area contributed by atoms with Gasteiger partial charge in [-0.1, -0.05) is 36.0 Å². The molecule has 1 aliphatic rings. The number of nitrogens with one attached hydrogen (secondary N) is 1. The lowest BCUT2D eigenvalue weighted by molar-refractivity contribution is 0.0995. The average Bonchev–Trinajstić information content (AvgIpc) is 3.39. The molecule has 1 aliphatic heterocycles. The van der Waals surface area contributed by atoms with Crippen LogP contribution >= 0.6 is 11.8 Å². The van der Waals surface area contributed by atoms with E-state index in [0.29, 0.717) is 29.5 Å². The summed E-state index contributed by atoms with van der Waals surface area (Å²) in [5, 5.41) is 9.66. The highest BCUT2D eigenvalue weighted by Gasteiger charge is 2.33. The zero-order chi connectivity index (χ0) is 20.6. The van der Waals surface area contributed by atoms with Crippen molar-refractivity contribution < 1.29 is 13.2 Å². The molecule has 3 heterocycles. The molecule has 2 aromatic heterocycles. The minimum atomic E-state index is -3.02. The Labute approximate surface area is 173 Å². The number of carbonyl (C=O) groups is 1. The summed E-state index contributed by atoms with van der Waals surface area (Å²) in [5.74, 6) is 0.764. The first-order valence-corrected chi connectivity index (χ1v) is 12.1. The van der Waals surface area contributed by atoms with Crippen LogP contribution in [-0.4, -0.2) is 50.7 Å². The lowest BCUT2D eigenvalue weighted by Crippen LogP contribution is -2.15. The maximum absolute atomic E-state index is 13.0. The number of allylic oxidation sites excluding steroid dienone is 1. The summed E-state index contributed by atoms with van der Waals surface area (Å²) in [5.41, 5.74) is 1.57. The molecule has 4 rings (SSSR count). The number of thioether (sulfide) groups is 1. The first kappa shape index (κ1) is 19.9. The van der Waals surface area contributed by atoms with Crippen molar-refractivity contribution in [1.82, 2.24) is 19.7 Å². The summed E-state index contributed by atoms with van der Waals surface area (Å²) in [4.78, 5) is 16.2. The first-order valence-electron chi connectivity index (χ1n) is 9.41. The van der Waals surface area contributed by atoms with Crippen LogP contribution in [0.4, 0.5) is 0 Å². The van der Waals surface area contributed by atoms with Crippen LogP contribution in [0.3, 0.4) is 0 Å². The second-order valence-electron chi connectivity index (χ2n) is 7.21. The molecule has 0 saturated carbocycles. The molecule has 0 aliphatic carbocycles. The Morgan fingerprint density at radius 1 is 1.41 bits per heavy atom. The van der Waals surface area contributed by atoms with Gasteiger partial charge in [0.25, 0.3) is 0 Å². The van der Waals surface area contributed by atoms with Gasteiger partial charge in [0.15, 0.2) is 20.8 Å². The van der Waals surface area contributed by atoms with Crippen LogP contribution in [0.25, 0.3) is 10.9 Å². The van der Waals surface area contributed by atoms with Gasteiger partial charge in [-0.25, -0.2) is 8.42 Å². The van der Waals surface area contributed by atoms with Gasteiger partial charge in [0, 0.05) is 35.1 Å². The van der Waals surface area contributed by atoms with E-state index in [0.717, 1.165) is 10.9 Å². The number of hydrogen-bond acceptors (Lipinski definition) is 6. The predicted octanol–water partition coefficient (Wildman–Crippen LogP) is 3.21. The van der Waals surface area contributed by atoms with E-state index in [1.807, 2.05) is 35.8 Å². The summed E-state index contributed by atoms with van der Waals surface area (Å²) in [6.07, 6.45) is 4.02. The molecule has 1 aromatic carbocycles. The number of nitrogens with zero attached hydrogens (tertiary/aromatic N) is 3. The Bertz CT molecular complexity index is 1180. The van der Waals surface area contributed by atoms with E-state index in [2.05, 4.69) is 21.8 Å². The van der Waals surface area contributed by atoms with Crippen LogP contribution in [0.5, 0.6) is 0 Å². The SMILES string of the molecule is C=CCn1c(S[C@H](C)C(=O)c2c[nH]c3ccccc23)nnc1[C@H]1CCS(=O)(=O)C1. The minimum Gasteiger partial charge on any atom is -0.360 e. The van der Waals surface area contributed by atoms with Crippen molar-refractivity contribution in [2.45, 2.75) is 36.2 Å². The van der Waals surface area contributed by atoms with Crippen molar-refractivity contribution in [2.24, 2.45) is 0 Å². The highest BCUT2D eigenvalue weighted by molar-refractivity contribution is 8.00. The fourth-order valence-corrected chi connectivity index (χ4v) is 6.37. The molecular formula is C20H22N4O3S2. The molecule has 0 spiro atoms. The molecule has 1 N–H and O–H groups in total. The fraction of sp³-hybridized carbons (Fsp3) is 0.350. The molecule has 152 valence electrons. The molecule has 29 heavy (non-hydrogen) atoms. The molecule has 1 fully saturated rings. The highest BCUT2D eigenvalue weighted by atomic mass is 32.2. The smallest absolute Gasteiger partial charge is 0.192 e. The standard InChI is InChI=1S/C20H22N4O3S2/c1-3-9-24-19(14-8-10-29(26,27)12-14)22-23-20(24)28-13(2)18(25)16-11-21-17-7-5-4-6-15(16)17/h3-7,11,13-14,21H,1,8-10,12H2,2H3/t13-,14+/m1/s1. The van der Waals surface area contributed by atoms with Crippen LogP contribution in [0.1, 0.15) is 35.4 Å². The number of para-hydroxylation sites is 1. The Kier molecular flexibility index (Phi) is 5.35. The Morgan fingerprint density at radius 2 is 2.21 bits per heavy atom. The Morgan fingerprint density at radius 3 is 2.93 bits per heavy atom. The predicted molar refractivity (Wildman–Crippen MR) is 114 cm³/mol. The monoisotopic (exact) mass is 430 g/mol. The van der Waals surface area contributed by atoms with Crippen molar-refractivity contribution in [3.8, 4) is 0 Å². The molecule has 0 radical (unpaired) electrons. The number of sulfone groups is 1. The first-order chi connectivity index (χ1) is 13.9. The second kappa shape index (κ2) is 7.79. The van der Waals surface area contributed by atoms with Gasteiger partial charge in [0.1, 0.15) is 5.82 Å². The minimum absolute atomic E-state index is 0.00518. The molecule has 0 unspecified atom stereocenters. The van der Waals surface area contributed by atoms with E-state index in [4.69, 9.17) is 0 Å². The van der Waals surface area contributed by atoms with E-state index < -0.39 is 9.84 Å². The van der Waals surface area contributed by atoms with E-state index >= 15 is 0 Å². The number of carbonyl (C=O) groups excluding carboxylic acids is 1. The number of Topliss-reactive ketones (excluding diaryl/α,β-unsaturated/α-hetero) is 1. The van der Waals surface area contributed by atoms with Crippen LogP contribution in [0, 0.1) is 0 Å². The summed E-state index contributed by atoms with van der Waals surface area (Å²) < 4.78 is 25.6. The number of fused-ring (bicyclic) bond motifs is 1. The maximum atomic E-state index is 13.0. The number of rotatable bonds is 7. The van der Waals surface area contributed by atoms with Crippen LogP contribution in [0.15, 0.2) is 48.3 Å². The Balaban J connectivity index is 1.58. The number of aromatic nitrogens is 4.